The first kappa shape index (κ1) is 19.4. The van der Waals surface area contributed by atoms with E-state index in [1.807, 2.05) is 37.4 Å². The Hall–Kier alpha value is -3.35. The van der Waals surface area contributed by atoms with Gasteiger partial charge in [0.05, 0.1) is 5.56 Å². The van der Waals surface area contributed by atoms with Crippen LogP contribution in [0.3, 0.4) is 0 Å². The van der Waals surface area contributed by atoms with Crippen LogP contribution in [0.5, 0.6) is 0 Å². The summed E-state index contributed by atoms with van der Waals surface area (Å²) in [6, 6.07) is 9.86. The van der Waals surface area contributed by atoms with Crippen molar-refractivity contribution in [1.82, 2.24) is 19.8 Å². The minimum Gasteiger partial charge on any atom is -0.361 e. The largest absolute Gasteiger partial charge is 0.361 e. The van der Waals surface area contributed by atoms with Gasteiger partial charge in [-0.3, -0.25) is 14.4 Å². The summed E-state index contributed by atoms with van der Waals surface area (Å²) in [6.07, 6.45) is 3.66. The van der Waals surface area contributed by atoms with Crippen LogP contribution in [-0.4, -0.2) is 46.9 Å². The Balaban J connectivity index is 2.05. The molecular formula is C21H24N4O3. The highest BCUT2D eigenvalue weighted by molar-refractivity contribution is 5.93. The molecule has 3 aromatic rings. The monoisotopic (exact) mass is 380 g/mol. The van der Waals surface area contributed by atoms with E-state index >= 15 is 0 Å². The molecule has 0 radical (unpaired) electrons. The highest BCUT2D eigenvalue weighted by Gasteiger charge is 2.24. The molecule has 2 aromatic heterocycles. The third-order valence-corrected chi connectivity index (χ3v) is 4.67. The third-order valence-electron chi connectivity index (χ3n) is 4.67. The number of benzene rings is 1. The second-order valence-electron chi connectivity index (χ2n) is 6.84. The summed E-state index contributed by atoms with van der Waals surface area (Å²) in [5, 5.41) is 3.80. The van der Waals surface area contributed by atoms with Gasteiger partial charge in [0.15, 0.2) is 0 Å². The summed E-state index contributed by atoms with van der Waals surface area (Å²) >= 11 is 0. The van der Waals surface area contributed by atoms with Crippen LogP contribution in [0, 0.1) is 0 Å². The number of para-hydroxylation sites is 1. The molecule has 2 N–H and O–H groups in total. The maximum absolute atomic E-state index is 12.8. The number of amides is 2. The van der Waals surface area contributed by atoms with E-state index in [1.165, 1.54) is 27.8 Å². The van der Waals surface area contributed by atoms with Gasteiger partial charge in [-0.05, 0) is 24.6 Å². The fraction of sp³-hybridized carbons (Fsp3) is 0.286. The van der Waals surface area contributed by atoms with Gasteiger partial charge in [0.1, 0.15) is 6.04 Å². The molecule has 3 rings (SSSR count). The van der Waals surface area contributed by atoms with Crippen LogP contribution in [0.2, 0.25) is 0 Å². The lowest BCUT2D eigenvalue weighted by atomic mass is 10.0. The number of nitrogens with one attached hydrogen (secondary N) is 2. The van der Waals surface area contributed by atoms with E-state index in [9.17, 15) is 14.4 Å². The van der Waals surface area contributed by atoms with E-state index in [4.69, 9.17) is 0 Å². The van der Waals surface area contributed by atoms with Gasteiger partial charge < -0.3 is 19.8 Å². The summed E-state index contributed by atoms with van der Waals surface area (Å²) in [6.45, 7) is 2.28. The van der Waals surface area contributed by atoms with Crippen LogP contribution >= 0.6 is 0 Å². The number of fused-ring (bicyclic) bond motifs is 1. The van der Waals surface area contributed by atoms with E-state index < -0.39 is 6.04 Å². The summed E-state index contributed by atoms with van der Waals surface area (Å²) < 4.78 is 1.35. The molecule has 0 spiro atoms. The number of aromatic nitrogens is 2. The number of carbonyl (C=O) groups excluding carboxylic acids is 2. The van der Waals surface area contributed by atoms with Crippen LogP contribution in [0.1, 0.15) is 28.9 Å². The van der Waals surface area contributed by atoms with Gasteiger partial charge in [0, 0.05) is 56.4 Å². The average molecular weight is 380 g/mol. The Morgan fingerprint density at radius 3 is 2.64 bits per heavy atom. The van der Waals surface area contributed by atoms with Crippen molar-refractivity contribution in [3.05, 3.63) is 70.3 Å². The summed E-state index contributed by atoms with van der Waals surface area (Å²) in [5.74, 6) is -0.486. The highest BCUT2D eigenvalue weighted by Crippen LogP contribution is 2.23. The van der Waals surface area contributed by atoms with Crippen molar-refractivity contribution in [3.8, 4) is 0 Å². The second kappa shape index (κ2) is 8.12. The number of pyridine rings is 1. The molecule has 1 atom stereocenters. The van der Waals surface area contributed by atoms with Gasteiger partial charge in [0.2, 0.25) is 5.91 Å². The van der Waals surface area contributed by atoms with Crippen LogP contribution in [0.15, 0.2) is 53.6 Å². The van der Waals surface area contributed by atoms with E-state index in [2.05, 4.69) is 10.3 Å². The Morgan fingerprint density at radius 2 is 1.93 bits per heavy atom. The molecule has 0 aliphatic heterocycles. The first-order chi connectivity index (χ1) is 13.4. The number of carbonyl (C=O) groups is 2. The normalized spacial score (nSPS) is 12.0. The molecule has 146 valence electrons. The summed E-state index contributed by atoms with van der Waals surface area (Å²) in [4.78, 5) is 42.3. The standard InChI is InChI=1S/C21H24N4O3/c1-4-22-20(27)18(11-15-12-23-17-8-6-5-7-16(15)17)25-13-14(9-10-19(25)26)21(28)24(2)3/h5-10,12-13,18,23H,4,11H2,1-3H3,(H,22,27)/t18-/m0/s1. The van der Waals surface area contributed by atoms with Crippen LogP contribution in [-0.2, 0) is 11.2 Å². The molecule has 0 aliphatic carbocycles. The maximum Gasteiger partial charge on any atom is 0.254 e. The molecule has 28 heavy (non-hydrogen) atoms. The van der Waals surface area contributed by atoms with Crippen LogP contribution in [0.4, 0.5) is 0 Å². The molecule has 1 aromatic carbocycles. The van der Waals surface area contributed by atoms with Gasteiger partial charge in [-0.1, -0.05) is 18.2 Å². The third kappa shape index (κ3) is 3.83. The smallest absolute Gasteiger partial charge is 0.254 e. The Bertz CT molecular complexity index is 1060. The number of aromatic amines is 1. The molecule has 7 heteroatoms. The second-order valence-corrected chi connectivity index (χ2v) is 6.84. The molecule has 7 nitrogen and oxygen atoms in total. The Kier molecular flexibility index (Phi) is 5.63. The molecule has 0 unspecified atom stereocenters. The fourth-order valence-electron chi connectivity index (χ4n) is 3.25. The van der Waals surface area contributed by atoms with Crippen molar-refractivity contribution in [2.45, 2.75) is 19.4 Å². The number of likely N-dealkylation sites (N-methyl/N-ethyl adjacent to an activating group) is 1. The zero-order valence-electron chi connectivity index (χ0n) is 16.2. The number of rotatable bonds is 6. The zero-order chi connectivity index (χ0) is 20.3. The van der Waals surface area contributed by atoms with Gasteiger partial charge in [-0.15, -0.1) is 0 Å². The van der Waals surface area contributed by atoms with Crippen molar-refractivity contribution in [2.24, 2.45) is 0 Å². The lowest BCUT2D eigenvalue weighted by Crippen LogP contribution is -2.38. The van der Waals surface area contributed by atoms with Crippen LogP contribution < -0.4 is 10.9 Å². The minimum absolute atomic E-state index is 0.226. The SMILES string of the molecule is CCNC(=O)[C@H](Cc1c[nH]c2ccccc12)n1cc(C(=O)N(C)C)ccc1=O. The van der Waals surface area contributed by atoms with Crippen molar-refractivity contribution >= 4 is 22.7 Å². The quantitative estimate of drug-likeness (QED) is 0.685. The molecular weight excluding hydrogens is 356 g/mol. The van der Waals surface area contributed by atoms with Crippen molar-refractivity contribution in [2.75, 3.05) is 20.6 Å². The van der Waals surface area contributed by atoms with Crippen molar-refractivity contribution < 1.29 is 9.59 Å². The van der Waals surface area contributed by atoms with Gasteiger partial charge in [-0.25, -0.2) is 0 Å². The minimum atomic E-state index is -0.762. The molecule has 0 aliphatic rings. The topological polar surface area (TPSA) is 87.2 Å². The van der Waals surface area contributed by atoms with Gasteiger partial charge in [-0.2, -0.15) is 0 Å². The Morgan fingerprint density at radius 1 is 1.18 bits per heavy atom. The first-order valence-electron chi connectivity index (χ1n) is 9.19. The molecule has 0 saturated carbocycles. The van der Waals surface area contributed by atoms with E-state index in [0.717, 1.165) is 16.5 Å². The summed E-state index contributed by atoms with van der Waals surface area (Å²) in [7, 11) is 3.29. The highest BCUT2D eigenvalue weighted by atomic mass is 16.2. The van der Waals surface area contributed by atoms with Crippen molar-refractivity contribution in [3.63, 3.8) is 0 Å². The predicted octanol–water partition coefficient (Wildman–Crippen LogP) is 1.95. The van der Waals surface area contributed by atoms with Crippen LogP contribution in [0.25, 0.3) is 10.9 Å². The molecule has 2 heterocycles. The maximum atomic E-state index is 12.8. The number of hydrogen-bond acceptors (Lipinski definition) is 3. The lowest BCUT2D eigenvalue weighted by Gasteiger charge is -2.20. The number of H-pyrrole nitrogens is 1. The van der Waals surface area contributed by atoms with E-state index in [-0.39, 0.29) is 17.4 Å². The molecule has 0 fully saturated rings. The number of hydrogen-bond donors (Lipinski definition) is 2. The fourth-order valence-corrected chi connectivity index (χ4v) is 3.25. The first-order valence-corrected chi connectivity index (χ1v) is 9.19. The molecule has 2 amide bonds. The number of nitrogens with zero attached hydrogens (tertiary/aromatic N) is 2. The summed E-state index contributed by atoms with van der Waals surface area (Å²) in [5.41, 5.74) is 1.93. The molecule has 0 bridgehead atoms. The Labute approximate surface area is 163 Å². The average Bonchev–Trinajstić information content (AvgIpc) is 3.09. The van der Waals surface area contributed by atoms with Gasteiger partial charge in [0.25, 0.3) is 11.5 Å². The predicted molar refractivity (Wildman–Crippen MR) is 108 cm³/mol. The van der Waals surface area contributed by atoms with E-state index in [0.29, 0.717) is 18.5 Å². The lowest BCUT2D eigenvalue weighted by molar-refractivity contribution is -0.124. The van der Waals surface area contributed by atoms with Gasteiger partial charge >= 0.3 is 0 Å². The van der Waals surface area contributed by atoms with E-state index in [1.54, 1.807) is 14.1 Å². The zero-order valence-corrected chi connectivity index (χ0v) is 16.2. The molecule has 0 saturated heterocycles. The van der Waals surface area contributed by atoms with Crippen molar-refractivity contribution in [1.29, 1.82) is 0 Å².